The molecule has 0 bridgehead atoms. The van der Waals surface area contributed by atoms with Gasteiger partial charge >= 0.3 is 0 Å². The van der Waals surface area contributed by atoms with Crippen LogP contribution >= 0.6 is 0 Å². The summed E-state index contributed by atoms with van der Waals surface area (Å²) in [5, 5.41) is 5.94. The maximum atomic E-state index is 12.9. The number of aliphatic imine (C=N–C) groups is 1. The molecule has 0 aliphatic rings. The molecule has 0 fully saturated rings. The van der Waals surface area contributed by atoms with Gasteiger partial charge in [0.05, 0.1) is 0 Å². The first kappa shape index (κ1) is 17.9. The quantitative estimate of drug-likeness (QED) is 0.596. The van der Waals surface area contributed by atoms with E-state index in [9.17, 15) is 9.18 Å². The third-order valence-electron chi connectivity index (χ3n) is 2.97. The largest absolute Gasteiger partial charge is 0.357 e. The Balaban J connectivity index is 2.63. The topological polar surface area (TPSA) is 56.7 Å². The molecule has 0 radical (unpaired) electrons. The van der Waals surface area contributed by atoms with E-state index < -0.39 is 0 Å². The van der Waals surface area contributed by atoms with E-state index in [1.54, 1.807) is 12.1 Å². The number of rotatable bonds is 7. The van der Waals surface area contributed by atoms with Gasteiger partial charge in [-0.2, -0.15) is 0 Å². The van der Waals surface area contributed by atoms with Crippen LogP contribution in [0.3, 0.4) is 0 Å². The monoisotopic (exact) mass is 308 g/mol. The highest BCUT2D eigenvalue weighted by Crippen LogP contribution is 2.05. The zero-order valence-corrected chi connectivity index (χ0v) is 13.5. The van der Waals surface area contributed by atoms with Gasteiger partial charge in [-0.3, -0.25) is 4.79 Å². The van der Waals surface area contributed by atoms with Crippen molar-refractivity contribution in [3.05, 3.63) is 35.6 Å². The number of amides is 1. The molecule has 2 N–H and O–H groups in total. The van der Waals surface area contributed by atoms with Gasteiger partial charge in [-0.05, 0) is 31.0 Å². The first-order valence-corrected chi connectivity index (χ1v) is 7.57. The number of guanidine groups is 1. The van der Waals surface area contributed by atoms with Crippen molar-refractivity contribution in [2.24, 2.45) is 4.99 Å². The van der Waals surface area contributed by atoms with Gasteiger partial charge in [0.1, 0.15) is 12.4 Å². The Morgan fingerprint density at radius 3 is 2.50 bits per heavy atom. The second-order valence-electron chi connectivity index (χ2n) is 5.00. The van der Waals surface area contributed by atoms with Crippen LogP contribution in [0.2, 0.25) is 0 Å². The molecule has 22 heavy (non-hydrogen) atoms. The van der Waals surface area contributed by atoms with Gasteiger partial charge in [0.2, 0.25) is 5.91 Å². The summed E-state index contributed by atoms with van der Waals surface area (Å²) in [5.74, 6) is 0.311. The van der Waals surface area contributed by atoms with Crippen molar-refractivity contribution < 1.29 is 9.18 Å². The number of halogens is 1. The minimum absolute atomic E-state index is 0.0903. The predicted octanol–water partition coefficient (Wildman–Crippen LogP) is 1.75. The van der Waals surface area contributed by atoms with E-state index in [4.69, 9.17) is 0 Å². The summed E-state index contributed by atoms with van der Waals surface area (Å²) in [6.45, 7) is 6.03. The van der Waals surface area contributed by atoms with Crippen molar-refractivity contribution in [3.63, 3.8) is 0 Å². The number of carbonyl (C=O) groups excluding carboxylic acids is 1. The minimum Gasteiger partial charge on any atom is -0.357 e. The molecule has 0 aromatic heterocycles. The number of nitrogens with zero attached hydrogens (tertiary/aromatic N) is 2. The van der Waals surface area contributed by atoms with Crippen LogP contribution in [0.1, 0.15) is 25.8 Å². The van der Waals surface area contributed by atoms with Crippen molar-refractivity contribution in [3.8, 4) is 0 Å². The van der Waals surface area contributed by atoms with E-state index in [0.717, 1.165) is 12.0 Å². The van der Waals surface area contributed by atoms with E-state index in [1.807, 2.05) is 25.8 Å². The van der Waals surface area contributed by atoms with E-state index in [-0.39, 0.29) is 18.3 Å². The summed E-state index contributed by atoms with van der Waals surface area (Å²) in [5.41, 5.74) is 0.977. The van der Waals surface area contributed by atoms with Gasteiger partial charge in [-0.1, -0.05) is 19.1 Å². The molecule has 1 aromatic carbocycles. The third-order valence-corrected chi connectivity index (χ3v) is 2.97. The highest BCUT2D eigenvalue weighted by atomic mass is 19.1. The molecular weight excluding hydrogens is 283 g/mol. The van der Waals surface area contributed by atoms with Gasteiger partial charge < -0.3 is 15.5 Å². The number of hydrogen-bond acceptors (Lipinski definition) is 2. The molecule has 122 valence electrons. The van der Waals surface area contributed by atoms with Gasteiger partial charge in [0.25, 0.3) is 0 Å². The zero-order chi connectivity index (χ0) is 16.4. The minimum atomic E-state index is -0.250. The maximum absolute atomic E-state index is 12.9. The second kappa shape index (κ2) is 9.76. The first-order chi connectivity index (χ1) is 10.6. The fourth-order valence-corrected chi connectivity index (χ4v) is 1.88. The van der Waals surface area contributed by atoms with E-state index in [1.165, 1.54) is 12.1 Å². The van der Waals surface area contributed by atoms with Gasteiger partial charge in [0, 0.05) is 26.7 Å². The average Bonchev–Trinajstić information content (AvgIpc) is 2.51. The molecule has 5 nitrogen and oxygen atoms in total. The van der Waals surface area contributed by atoms with E-state index in [2.05, 4.69) is 15.6 Å². The van der Waals surface area contributed by atoms with Crippen molar-refractivity contribution in [1.82, 2.24) is 15.5 Å². The molecule has 1 aromatic rings. The fraction of sp³-hybridized carbons (Fsp3) is 0.500. The molecule has 0 aliphatic heterocycles. The normalized spacial score (nSPS) is 11.2. The number of nitrogens with one attached hydrogen (secondary N) is 2. The summed E-state index contributed by atoms with van der Waals surface area (Å²) >= 11 is 0. The fourth-order valence-electron chi connectivity index (χ4n) is 1.88. The molecule has 6 heteroatoms. The standard InChI is InChI=1S/C16H25FN4O/c1-4-10-19-15(22)11-20-16(18-5-2)21(3)12-13-6-8-14(17)9-7-13/h6-9H,4-5,10-12H2,1-3H3,(H,18,20)(H,19,22). The highest BCUT2D eigenvalue weighted by Gasteiger charge is 2.08. The van der Waals surface area contributed by atoms with Crippen LogP contribution < -0.4 is 10.6 Å². The maximum Gasteiger partial charge on any atom is 0.241 e. The number of carbonyl (C=O) groups is 1. The zero-order valence-electron chi connectivity index (χ0n) is 13.5. The van der Waals surface area contributed by atoms with Crippen LogP contribution in [-0.4, -0.2) is 43.4 Å². The summed E-state index contributed by atoms with van der Waals surface area (Å²) in [7, 11) is 1.88. The Labute approximate surface area is 131 Å². The molecule has 0 saturated carbocycles. The Morgan fingerprint density at radius 2 is 1.91 bits per heavy atom. The molecule has 1 rings (SSSR count). The number of benzene rings is 1. The summed E-state index contributed by atoms with van der Waals surface area (Å²) in [4.78, 5) is 17.9. The Morgan fingerprint density at radius 1 is 1.23 bits per heavy atom. The van der Waals surface area contributed by atoms with Crippen LogP contribution in [0.5, 0.6) is 0 Å². The van der Waals surface area contributed by atoms with Gasteiger partial charge in [0.15, 0.2) is 5.96 Å². The van der Waals surface area contributed by atoms with Crippen LogP contribution in [0.25, 0.3) is 0 Å². The van der Waals surface area contributed by atoms with Gasteiger partial charge in [-0.15, -0.1) is 0 Å². The first-order valence-electron chi connectivity index (χ1n) is 7.57. The van der Waals surface area contributed by atoms with Crippen molar-refractivity contribution in [2.75, 3.05) is 26.7 Å². The molecule has 1 amide bonds. The van der Waals surface area contributed by atoms with Crippen LogP contribution in [0.15, 0.2) is 29.3 Å². The van der Waals surface area contributed by atoms with Crippen LogP contribution in [0, 0.1) is 5.82 Å². The lowest BCUT2D eigenvalue weighted by Crippen LogP contribution is -2.39. The lowest BCUT2D eigenvalue weighted by Gasteiger charge is -2.22. The Bertz CT molecular complexity index is 487. The molecule has 0 spiro atoms. The van der Waals surface area contributed by atoms with Crippen molar-refractivity contribution >= 4 is 11.9 Å². The summed E-state index contributed by atoms with van der Waals surface area (Å²) < 4.78 is 12.9. The Kier molecular flexibility index (Phi) is 7.96. The molecule has 0 aliphatic carbocycles. The van der Waals surface area contributed by atoms with Crippen molar-refractivity contribution in [2.45, 2.75) is 26.8 Å². The lowest BCUT2D eigenvalue weighted by atomic mass is 10.2. The van der Waals surface area contributed by atoms with Crippen molar-refractivity contribution in [1.29, 1.82) is 0 Å². The average molecular weight is 308 g/mol. The molecule has 0 unspecified atom stereocenters. The molecule has 0 heterocycles. The van der Waals surface area contributed by atoms with E-state index in [0.29, 0.717) is 25.6 Å². The molecular formula is C16H25FN4O. The van der Waals surface area contributed by atoms with Gasteiger partial charge in [-0.25, -0.2) is 9.38 Å². The summed E-state index contributed by atoms with van der Waals surface area (Å²) in [6, 6.07) is 6.35. The highest BCUT2D eigenvalue weighted by molar-refractivity contribution is 5.84. The predicted molar refractivity (Wildman–Crippen MR) is 87.1 cm³/mol. The Hall–Kier alpha value is -2.11. The van der Waals surface area contributed by atoms with Crippen LogP contribution in [0.4, 0.5) is 4.39 Å². The molecule has 0 atom stereocenters. The SMILES string of the molecule is CCCNC(=O)CN=C(NCC)N(C)Cc1ccc(F)cc1. The second-order valence-corrected chi connectivity index (χ2v) is 5.00. The number of hydrogen-bond donors (Lipinski definition) is 2. The van der Waals surface area contributed by atoms with E-state index >= 15 is 0 Å². The van der Waals surface area contributed by atoms with Crippen LogP contribution in [-0.2, 0) is 11.3 Å². The lowest BCUT2D eigenvalue weighted by molar-refractivity contribution is -0.119. The molecule has 0 saturated heterocycles. The summed E-state index contributed by atoms with van der Waals surface area (Å²) in [6.07, 6.45) is 0.903. The smallest absolute Gasteiger partial charge is 0.241 e. The third kappa shape index (κ3) is 6.56.